The molecular weight excluding hydrogens is 573 g/mol. The topological polar surface area (TPSA) is 96.0 Å². The molecule has 0 heterocycles. The molecule has 0 radical (unpaired) electrons. The van der Waals surface area contributed by atoms with Gasteiger partial charge in [0.2, 0.25) is 11.8 Å². The van der Waals surface area contributed by atoms with Gasteiger partial charge < -0.3 is 15.0 Å². The van der Waals surface area contributed by atoms with E-state index >= 15 is 0 Å². The van der Waals surface area contributed by atoms with Crippen molar-refractivity contribution < 1.29 is 22.7 Å². The molecule has 1 N–H and O–H groups in total. The third-order valence-corrected chi connectivity index (χ3v) is 8.15. The SMILES string of the molecule is COc1ccc(CN(C(=O)CN(c2cc(Cl)cc(Cl)c2)S(=O)(=O)c2ccccc2)[C@H](C)C(=O)NC(C)(C)C)cc1. The molecule has 11 heteroatoms. The van der Waals surface area contributed by atoms with Crippen molar-refractivity contribution in [1.82, 2.24) is 10.2 Å². The Labute approximate surface area is 245 Å². The number of halogens is 2. The van der Waals surface area contributed by atoms with E-state index < -0.39 is 34.1 Å². The number of benzene rings is 3. The Morgan fingerprint density at radius 3 is 2.05 bits per heavy atom. The first-order valence-electron chi connectivity index (χ1n) is 12.5. The van der Waals surface area contributed by atoms with Crippen LogP contribution in [0.3, 0.4) is 0 Å². The van der Waals surface area contributed by atoms with Gasteiger partial charge in [-0.1, -0.05) is 53.5 Å². The zero-order valence-electron chi connectivity index (χ0n) is 23.0. The van der Waals surface area contributed by atoms with Crippen molar-refractivity contribution in [3.63, 3.8) is 0 Å². The smallest absolute Gasteiger partial charge is 0.264 e. The molecule has 0 fully saturated rings. The number of carbonyl (C=O) groups is 2. The van der Waals surface area contributed by atoms with E-state index in [4.69, 9.17) is 27.9 Å². The maximum absolute atomic E-state index is 14.0. The molecule has 3 aromatic carbocycles. The van der Waals surface area contributed by atoms with Crippen molar-refractivity contribution in [3.8, 4) is 5.75 Å². The highest BCUT2D eigenvalue weighted by molar-refractivity contribution is 7.92. The van der Waals surface area contributed by atoms with E-state index in [1.54, 1.807) is 56.5 Å². The summed E-state index contributed by atoms with van der Waals surface area (Å²) in [4.78, 5) is 28.5. The monoisotopic (exact) mass is 605 g/mol. The summed E-state index contributed by atoms with van der Waals surface area (Å²) >= 11 is 12.4. The Balaban J connectivity index is 2.05. The fourth-order valence-electron chi connectivity index (χ4n) is 3.92. The highest BCUT2D eigenvalue weighted by Gasteiger charge is 2.33. The number of hydrogen-bond donors (Lipinski definition) is 1. The molecule has 0 bridgehead atoms. The summed E-state index contributed by atoms with van der Waals surface area (Å²) in [6, 6.07) is 18.2. The largest absolute Gasteiger partial charge is 0.497 e. The average molecular weight is 607 g/mol. The minimum atomic E-state index is -4.22. The van der Waals surface area contributed by atoms with E-state index in [1.807, 2.05) is 20.8 Å². The van der Waals surface area contributed by atoms with Gasteiger partial charge in [-0.05, 0) is 75.7 Å². The molecule has 8 nitrogen and oxygen atoms in total. The van der Waals surface area contributed by atoms with Crippen LogP contribution in [0.2, 0.25) is 10.0 Å². The summed E-state index contributed by atoms with van der Waals surface area (Å²) in [7, 11) is -2.67. The predicted molar refractivity (Wildman–Crippen MR) is 158 cm³/mol. The summed E-state index contributed by atoms with van der Waals surface area (Å²) in [5.74, 6) is -0.335. The van der Waals surface area contributed by atoms with E-state index in [-0.39, 0.29) is 33.1 Å². The van der Waals surface area contributed by atoms with Crippen LogP contribution in [0.5, 0.6) is 5.75 Å². The molecule has 0 saturated heterocycles. The Kier molecular flexibility index (Phi) is 10.1. The summed E-state index contributed by atoms with van der Waals surface area (Å²) in [6.45, 7) is 6.57. The summed E-state index contributed by atoms with van der Waals surface area (Å²) in [5.41, 5.74) is 0.305. The fraction of sp³-hybridized carbons (Fsp3) is 0.310. The number of anilines is 1. The first-order chi connectivity index (χ1) is 18.7. The molecular formula is C29H33Cl2N3O5S. The minimum Gasteiger partial charge on any atom is -0.497 e. The molecule has 2 amide bonds. The van der Waals surface area contributed by atoms with Crippen molar-refractivity contribution in [2.24, 2.45) is 0 Å². The molecule has 40 heavy (non-hydrogen) atoms. The second kappa shape index (κ2) is 12.9. The predicted octanol–water partition coefficient (Wildman–Crippen LogP) is 5.53. The molecule has 3 aromatic rings. The second-order valence-corrected chi connectivity index (χ2v) is 13.0. The number of carbonyl (C=O) groups excluding carboxylic acids is 2. The van der Waals surface area contributed by atoms with Crippen molar-refractivity contribution >= 4 is 50.7 Å². The molecule has 0 aromatic heterocycles. The molecule has 0 unspecified atom stereocenters. The summed E-state index contributed by atoms with van der Waals surface area (Å²) in [6.07, 6.45) is 0. The zero-order valence-corrected chi connectivity index (χ0v) is 25.3. The number of amides is 2. The molecule has 0 aliphatic rings. The van der Waals surface area contributed by atoms with Gasteiger partial charge in [0.1, 0.15) is 18.3 Å². The van der Waals surface area contributed by atoms with Crippen LogP contribution in [0, 0.1) is 0 Å². The maximum Gasteiger partial charge on any atom is 0.264 e. The minimum absolute atomic E-state index is 0.0147. The van der Waals surface area contributed by atoms with Crippen molar-refractivity contribution in [3.05, 3.63) is 88.4 Å². The Hall–Kier alpha value is -3.27. The van der Waals surface area contributed by atoms with E-state index in [0.29, 0.717) is 5.75 Å². The Bertz CT molecular complexity index is 1420. The van der Waals surface area contributed by atoms with Gasteiger partial charge in [-0.2, -0.15) is 0 Å². The molecule has 214 valence electrons. The van der Waals surface area contributed by atoms with Crippen molar-refractivity contribution in [1.29, 1.82) is 0 Å². The fourth-order valence-corrected chi connectivity index (χ4v) is 5.85. The zero-order chi connectivity index (χ0) is 29.7. The highest BCUT2D eigenvalue weighted by atomic mass is 35.5. The lowest BCUT2D eigenvalue weighted by Crippen LogP contribution is -2.54. The Morgan fingerprint density at radius 2 is 1.52 bits per heavy atom. The van der Waals surface area contributed by atoms with Crippen molar-refractivity contribution in [2.45, 2.75) is 50.7 Å². The maximum atomic E-state index is 14.0. The van der Waals surface area contributed by atoms with Gasteiger partial charge in [0, 0.05) is 22.1 Å². The summed E-state index contributed by atoms with van der Waals surface area (Å²) < 4.78 is 33.8. The highest BCUT2D eigenvalue weighted by Crippen LogP contribution is 2.30. The molecule has 0 spiro atoms. The van der Waals surface area contributed by atoms with Gasteiger partial charge in [-0.15, -0.1) is 0 Å². The number of ether oxygens (including phenoxy) is 1. The van der Waals surface area contributed by atoms with Crippen LogP contribution in [0.25, 0.3) is 0 Å². The number of hydrogen-bond acceptors (Lipinski definition) is 5. The number of rotatable bonds is 10. The normalized spacial score (nSPS) is 12.4. The van der Waals surface area contributed by atoms with Gasteiger partial charge in [0.25, 0.3) is 10.0 Å². The van der Waals surface area contributed by atoms with Crippen LogP contribution >= 0.6 is 23.2 Å². The van der Waals surface area contributed by atoms with Crippen LogP contribution < -0.4 is 14.4 Å². The molecule has 3 rings (SSSR count). The third-order valence-electron chi connectivity index (χ3n) is 5.92. The van der Waals surface area contributed by atoms with Gasteiger partial charge in [-0.3, -0.25) is 13.9 Å². The third kappa shape index (κ3) is 8.13. The second-order valence-electron chi connectivity index (χ2n) is 10.2. The number of nitrogens with one attached hydrogen (secondary N) is 1. The van der Waals surface area contributed by atoms with Crippen LogP contribution in [0.4, 0.5) is 5.69 Å². The van der Waals surface area contributed by atoms with Crippen LogP contribution in [0.15, 0.2) is 77.7 Å². The quantitative estimate of drug-likeness (QED) is 0.328. The lowest BCUT2D eigenvalue weighted by molar-refractivity contribution is -0.140. The van der Waals surface area contributed by atoms with E-state index in [9.17, 15) is 18.0 Å². The standard InChI is InChI=1S/C29H33Cl2N3O5S/c1-20(28(36)32-29(2,3)4)33(18-21-11-13-25(39-5)14-12-21)27(35)19-34(24-16-22(30)15-23(31)17-24)40(37,38)26-9-7-6-8-10-26/h6-17,20H,18-19H2,1-5H3,(H,32,36)/t20-/m1/s1. The number of nitrogens with zero attached hydrogens (tertiary/aromatic N) is 2. The first-order valence-corrected chi connectivity index (χ1v) is 14.7. The Morgan fingerprint density at radius 1 is 0.950 bits per heavy atom. The van der Waals surface area contributed by atoms with Crippen LogP contribution in [-0.4, -0.2) is 50.4 Å². The van der Waals surface area contributed by atoms with Crippen molar-refractivity contribution in [2.75, 3.05) is 18.0 Å². The van der Waals surface area contributed by atoms with Gasteiger partial charge in [-0.25, -0.2) is 8.42 Å². The molecule has 1 atom stereocenters. The van der Waals surface area contributed by atoms with Gasteiger partial charge >= 0.3 is 0 Å². The lowest BCUT2D eigenvalue weighted by Gasteiger charge is -2.33. The molecule has 0 aliphatic heterocycles. The van der Waals surface area contributed by atoms with Crippen LogP contribution in [-0.2, 0) is 26.2 Å². The first kappa shape index (κ1) is 31.3. The van der Waals surface area contributed by atoms with Gasteiger partial charge in [0.05, 0.1) is 17.7 Å². The van der Waals surface area contributed by atoms with E-state index in [1.165, 1.54) is 35.2 Å². The number of sulfonamides is 1. The lowest BCUT2D eigenvalue weighted by atomic mass is 10.1. The van der Waals surface area contributed by atoms with Gasteiger partial charge in [0.15, 0.2) is 0 Å². The van der Waals surface area contributed by atoms with E-state index in [2.05, 4.69) is 5.32 Å². The molecule has 0 saturated carbocycles. The average Bonchev–Trinajstić information content (AvgIpc) is 2.89. The summed E-state index contributed by atoms with van der Waals surface area (Å²) in [5, 5.41) is 3.30. The molecule has 0 aliphatic carbocycles. The van der Waals surface area contributed by atoms with E-state index in [0.717, 1.165) is 9.87 Å². The number of methoxy groups -OCH3 is 1. The van der Waals surface area contributed by atoms with Crippen LogP contribution in [0.1, 0.15) is 33.3 Å².